The number of anilines is 1. The van der Waals surface area contributed by atoms with Gasteiger partial charge < -0.3 is 15.0 Å². The minimum atomic E-state index is -0.188. The van der Waals surface area contributed by atoms with Crippen molar-refractivity contribution in [3.8, 4) is 17.0 Å². The smallest absolute Gasteiger partial charge is 0.257 e. The maximum absolute atomic E-state index is 12.9. The number of nitrogens with one attached hydrogen (secondary N) is 1. The first kappa shape index (κ1) is 21.9. The topological polar surface area (TPSA) is 71.8 Å². The van der Waals surface area contributed by atoms with Gasteiger partial charge in [-0.15, -0.1) is 0 Å². The maximum Gasteiger partial charge on any atom is 0.257 e. The largest absolute Gasteiger partial charge is 0.494 e. The number of carbonyl (C=O) groups excluding carboxylic acids is 1. The Morgan fingerprint density at radius 1 is 1.00 bits per heavy atom. The van der Waals surface area contributed by atoms with Gasteiger partial charge in [0, 0.05) is 37.1 Å². The number of aromatic nitrogens is 3. The lowest BCUT2D eigenvalue weighted by molar-refractivity contribution is 0.0952. The molecule has 174 valence electrons. The summed E-state index contributed by atoms with van der Waals surface area (Å²) in [5, 5.41) is 7.46. The van der Waals surface area contributed by atoms with Gasteiger partial charge in [0.15, 0.2) is 5.65 Å². The number of benzene rings is 2. The molecule has 1 fully saturated rings. The molecule has 34 heavy (non-hydrogen) atoms. The van der Waals surface area contributed by atoms with E-state index in [1.54, 1.807) is 16.9 Å². The molecule has 4 aromatic rings. The molecule has 1 amide bonds. The molecular formula is C27H29N5O2. The van der Waals surface area contributed by atoms with Crippen LogP contribution >= 0.6 is 0 Å². The summed E-state index contributed by atoms with van der Waals surface area (Å²) >= 11 is 0. The molecule has 2 aromatic heterocycles. The lowest BCUT2D eigenvalue weighted by Crippen LogP contribution is -2.29. The molecule has 2 aromatic carbocycles. The summed E-state index contributed by atoms with van der Waals surface area (Å²) in [6, 6.07) is 18.2. The molecule has 1 aliphatic rings. The van der Waals surface area contributed by atoms with Crippen molar-refractivity contribution in [3.05, 3.63) is 78.1 Å². The Morgan fingerprint density at radius 2 is 1.76 bits per heavy atom. The van der Waals surface area contributed by atoms with Gasteiger partial charge >= 0.3 is 0 Å². The highest BCUT2D eigenvalue weighted by molar-refractivity contribution is 5.99. The summed E-state index contributed by atoms with van der Waals surface area (Å²) in [7, 11) is 0. The van der Waals surface area contributed by atoms with E-state index in [4.69, 9.17) is 4.74 Å². The molecule has 1 saturated heterocycles. The van der Waals surface area contributed by atoms with Gasteiger partial charge in [0.05, 0.1) is 18.5 Å². The Bertz CT molecular complexity index is 1260. The van der Waals surface area contributed by atoms with Crippen LogP contribution in [0.25, 0.3) is 16.9 Å². The third kappa shape index (κ3) is 4.59. The molecule has 0 spiro atoms. The van der Waals surface area contributed by atoms with E-state index in [2.05, 4.69) is 44.6 Å². The van der Waals surface area contributed by atoms with E-state index in [1.807, 2.05) is 37.3 Å². The summed E-state index contributed by atoms with van der Waals surface area (Å²) in [6.45, 7) is 5.28. The average Bonchev–Trinajstić information content (AvgIpc) is 3.33. The quantitative estimate of drug-likeness (QED) is 0.437. The highest BCUT2D eigenvalue weighted by Crippen LogP contribution is 2.24. The second-order valence-electron chi connectivity index (χ2n) is 8.48. The third-order valence-corrected chi connectivity index (χ3v) is 6.22. The van der Waals surface area contributed by atoms with Crippen LogP contribution < -0.4 is 15.0 Å². The molecule has 0 radical (unpaired) electrons. The first-order valence-electron chi connectivity index (χ1n) is 11.9. The molecule has 0 bridgehead atoms. The van der Waals surface area contributed by atoms with E-state index in [-0.39, 0.29) is 5.91 Å². The molecule has 1 aliphatic heterocycles. The third-order valence-electron chi connectivity index (χ3n) is 6.22. The number of fused-ring (bicyclic) bond motifs is 1. The average molecular weight is 456 g/mol. The van der Waals surface area contributed by atoms with Gasteiger partial charge in [-0.3, -0.25) is 4.79 Å². The van der Waals surface area contributed by atoms with Crippen LogP contribution in [-0.4, -0.2) is 40.2 Å². The minimum absolute atomic E-state index is 0.188. The Kier molecular flexibility index (Phi) is 6.42. The number of piperidine rings is 1. The van der Waals surface area contributed by atoms with E-state index in [0.29, 0.717) is 24.4 Å². The Balaban J connectivity index is 1.29. The van der Waals surface area contributed by atoms with Gasteiger partial charge in [-0.25, -0.2) is 9.50 Å². The van der Waals surface area contributed by atoms with Crippen molar-refractivity contribution in [2.75, 3.05) is 24.6 Å². The SMILES string of the molecule is CCOc1ccc(-c2ccnc3c(C(=O)NCc4ccc(N5CCCCC5)cc4)cnn23)cc1. The summed E-state index contributed by atoms with van der Waals surface area (Å²) in [6.07, 6.45) is 7.12. The van der Waals surface area contributed by atoms with Gasteiger partial charge in [-0.2, -0.15) is 5.10 Å². The number of rotatable bonds is 7. The Morgan fingerprint density at radius 3 is 2.50 bits per heavy atom. The summed E-state index contributed by atoms with van der Waals surface area (Å²) < 4.78 is 7.24. The summed E-state index contributed by atoms with van der Waals surface area (Å²) in [5.74, 6) is 0.632. The lowest BCUT2D eigenvalue weighted by atomic mass is 10.1. The van der Waals surface area contributed by atoms with E-state index >= 15 is 0 Å². The van der Waals surface area contributed by atoms with Crippen LogP contribution in [0, 0.1) is 0 Å². The molecule has 0 unspecified atom stereocenters. The highest BCUT2D eigenvalue weighted by atomic mass is 16.5. The molecule has 0 atom stereocenters. The van der Waals surface area contributed by atoms with Crippen molar-refractivity contribution in [2.24, 2.45) is 0 Å². The first-order valence-corrected chi connectivity index (χ1v) is 11.9. The van der Waals surface area contributed by atoms with E-state index in [9.17, 15) is 4.79 Å². The number of ether oxygens (including phenoxy) is 1. The molecule has 0 saturated carbocycles. The zero-order valence-corrected chi connectivity index (χ0v) is 19.4. The molecule has 0 aliphatic carbocycles. The lowest BCUT2D eigenvalue weighted by Gasteiger charge is -2.28. The van der Waals surface area contributed by atoms with E-state index < -0.39 is 0 Å². The van der Waals surface area contributed by atoms with Gasteiger partial charge in [-0.05, 0) is 74.2 Å². The molecule has 7 nitrogen and oxygen atoms in total. The second kappa shape index (κ2) is 9.95. The summed E-state index contributed by atoms with van der Waals surface area (Å²) in [4.78, 5) is 19.8. The summed E-state index contributed by atoms with van der Waals surface area (Å²) in [5.41, 5.74) is 5.14. The van der Waals surface area contributed by atoms with Crippen LogP contribution in [0.5, 0.6) is 5.75 Å². The normalized spacial score (nSPS) is 13.7. The second-order valence-corrected chi connectivity index (χ2v) is 8.48. The van der Waals surface area contributed by atoms with Crippen LogP contribution in [0.4, 0.5) is 5.69 Å². The fourth-order valence-electron chi connectivity index (χ4n) is 4.41. The van der Waals surface area contributed by atoms with Crippen LogP contribution in [0.2, 0.25) is 0 Å². The van der Waals surface area contributed by atoms with Crippen molar-refractivity contribution in [3.63, 3.8) is 0 Å². The van der Waals surface area contributed by atoms with Crippen LogP contribution in [0.1, 0.15) is 42.1 Å². The van der Waals surface area contributed by atoms with Gasteiger partial charge in [-0.1, -0.05) is 12.1 Å². The molecule has 3 heterocycles. The number of nitrogens with zero attached hydrogens (tertiary/aromatic N) is 4. The van der Waals surface area contributed by atoms with Crippen molar-refractivity contribution < 1.29 is 9.53 Å². The number of hydrogen-bond donors (Lipinski definition) is 1. The maximum atomic E-state index is 12.9. The molecule has 7 heteroatoms. The zero-order valence-electron chi connectivity index (χ0n) is 19.4. The van der Waals surface area contributed by atoms with Gasteiger partial charge in [0.1, 0.15) is 11.3 Å². The molecule has 1 N–H and O–H groups in total. The van der Waals surface area contributed by atoms with E-state index in [1.165, 1.54) is 24.9 Å². The standard InChI is InChI=1S/C27H29N5O2/c1-2-34-23-12-8-21(9-13-23)25-14-15-28-26-24(19-30-32(25)26)27(33)29-18-20-6-10-22(11-7-20)31-16-4-3-5-17-31/h6-15,19H,2-5,16-18H2,1H3,(H,29,33). The fourth-order valence-corrected chi connectivity index (χ4v) is 4.41. The van der Waals surface area contributed by atoms with Crippen molar-refractivity contribution in [1.29, 1.82) is 0 Å². The predicted octanol–water partition coefficient (Wildman–Crippen LogP) is 4.72. The monoisotopic (exact) mass is 455 g/mol. The molecule has 5 rings (SSSR count). The number of amides is 1. The van der Waals surface area contributed by atoms with Crippen LogP contribution in [-0.2, 0) is 6.54 Å². The first-order chi connectivity index (χ1) is 16.7. The number of hydrogen-bond acceptors (Lipinski definition) is 5. The van der Waals surface area contributed by atoms with Crippen molar-refractivity contribution in [1.82, 2.24) is 19.9 Å². The Labute approximate surface area is 199 Å². The minimum Gasteiger partial charge on any atom is -0.494 e. The highest BCUT2D eigenvalue weighted by Gasteiger charge is 2.16. The van der Waals surface area contributed by atoms with Crippen molar-refractivity contribution in [2.45, 2.75) is 32.7 Å². The van der Waals surface area contributed by atoms with Crippen LogP contribution in [0.3, 0.4) is 0 Å². The fraction of sp³-hybridized carbons (Fsp3) is 0.296. The van der Waals surface area contributed by atoms with Crippen molar-refractivity contribution >= 4 is 17.2 Å². The predicted molar refractivity (Wildman–Crippen MR) is 133 cm³/mol. The molecular weight excluding hydrogens is 426 g/mol. The van der Waals surface area contributed by atoms with E-state index in [0.717, 1.165) is 35.7 Å². The Hall–Kier alpha value is -3.87. The van der Waals surface area contributed by atoms with Crippen LogP contribution in [0.15, 0.2) is 67.0 Å². The zero-order chi connectivity index (χ0) is 23.3. The van der Waals surface area contributed by atoms with Gasteiger partial charge in [0.2, 0.25) is 0 Å². The van der Waals surface area contributed by atoms with Gasteiger partial charge in [0.25, 0.3) is 5.91 Å². The number of carbonyl (C=O) groups is 1.